The van der Waals surface area contributed by atoms with E-state index >= 15 is 0 Å². The fraction of sp³-hybridized carbons (Fsp3) is 0.316. The van der Waals surface area contributed by atoms with Crippen molar-refractivity contribution in [2.75, 3.05) is 11.4 Å². The van der Waals surface area contributed by atoms with Gasteiger partial charge in [0.2, 0.25) is 0 Å². The van der Waals surface area contributed by atoms with E-state index in [9.17, 15) is 4.39 Å². The fourth-order valence-electron chi connectivity index (χ4n) is 3.70. The Kier molecular flexibility index (Phi) is 4.26. The lowest BCUT2D eigenvalue weighted by Gasteiger charge is -2.37. The number of aryl methyl sites for hydroxylation is 2. The Morgan fingerprint density at radius 2 is 2.04 bits per heavy atom. The molecule has 3 aromatic rings. The van der Waals surface area contributed by atoms with Gasteiger partial charge in [-0.05, 0) is 56.0 Å². The van der Waals surface area contributed by atoms with E-state index in [4.69, 9.17) is 0 Å². The number of anilines is 1. The monoisotopic (exact) mass is 345 g/mol. The number of benzene rings is 1. The van der Waals surface area contributed by atoms with E-state index in [1.807, 2.05) is 18.5 Å². The quantitative estimate of drug-likeness (QED) is 0.682. The molecule has 1 atom stereocenters. The molecule has 4 rings (SSSR count). The Balaban J connectivity index is 0.00000169. The molecule has 1 aromatic carbocycles. The highest BCUT2D eigenvalue weighted by Gasteiger charge is 2.26. The number of hydrogen-bond acceptors (Lipinski definition) is 2. The largest absolute Gasteiger partial charge is 0.361 e. The first-order chi connectivity index (χ1) is 11.1. The summed E-state index contributed by atoms with van der Waals surface area (Å²) in [4.78, 5) is 10.3. The van der Waals surface area contributed by atoms with Crippen molar-refractivity contribution in [2.24, 2.45) is 0 Å². The van der Waals surface area contributed by atoms with Gasteiger partial charge in [-0.1, -0.05) is 6.07 Å². The molecule has 0 fully saturated rings. The molecule has 0 saturated carbocycles. The van der Waals surface area contributed by atoms with Crippen LogP contribution in [-0.4, -0.2) is 16.5 Å². The summed E-state index contributed by atoms with van der Waals surface area (Å²) in [7, 11) is 0. The molecule has 1 aliphatic rings. The second-order valence-corrected chi connectivity index (χ2v) is 6.42. The molecule has 1 N–H and O–H groups in total. The molecule has 0 aliphatic carbocycles. The number of nitrogens with zero attached hydrogens (tertiary/aromatic N) is 2. The summed E-state index contributed by atoms with van der Waals surface area (Å²) in [6, 6.07) is 5.35. The van der Waals surface area contributed by atoms with Crippen LogP contribution in [0.2, 0.25) is 0 Å². The van der Waals surface area contributed by atoms with Crippen molar-refractivity contribution in [3.63, 3.8) is 0 Å². The molecule has 0 amide bonds. The van der Waals surface area contributed by atoms with E-state index < -0.39 is 0 Å². The highest BCUT2D eigenvalue weighted by atomic mass is 35.5. The Labute approximate surface area is 147 Å². The third-order valence-electron chi connectivity index (χ3n) is 5.16. The number of pyridine rings is 1. The van der Waals surface area contributed by atoms with E-state index in [-0.39, 0.29) is 24.3 Å². The van der Waals surface area contributed by atoms with Crippen LogP contribution in [0.1, 0.15) is 35.3 Å². The topological polar surface area (TPSA) is 31.9 Å². The molecule has 2 aromatic heterocycles. The van der Waals surface area contributed by atoms with Gasteiger partial charge in [-0.2, -0.15) is 0 Å². The van der Waals surface area contributed by atoms with Crippen LogP contribution < -0.4 is 4.90 Å². The van der Waals surface area contributed by atoms with Crippen LogP contribution in [0.25, 0.3) is 10.9 Å². The van der Waals surface area contributed by atoms with Crippen molar-refractivity contribution in [1.29, 1.82) is 0 Å². The number of H-pyrrole nitrogens is 1. The van der Waals surface area contributed by atoms with Gasteiger partial charge < -0.3 is 9.88 Å². The lowest BCUT2D eigenvalue weighted by molar-refractivity contribution is 0.598. The van der Waals surface area contributed by atoms with Gasteiger partial charge in [0, 0.05) is 23.8 Å². The lowest BCUT2D eigenvalue weighted by Crippen LogP contribution is -2.34. The molecule has 0 bridgehead atoms. The molecule has 126 valence electrons. The first-order valence-electron chi connectivity index (χ1n) is 8.04. The molecule has 24 heavy (non-hydrogen) atoms. The molecular formula is C19H21ClFN3. The van der Waals surface area contributed by atoms with Gasteiger partial charge in [0.05, 0.1) is 23.4 Å². The third-order valence-corrected chi connectivity index (χ3v) is 5.16. The second kappa shape index (κ2) is 6.10. The minimum absolute atomic E-state index is 0. The zero-order chi connectivity index (χ0) is 16.1. The normalized spacial score (nSPS) is 16.8. The van der Waals surface area contributed by atoms with Crippen molar-refractivity contribution < 1.29 is 4.39 Å². The number of halogens is 2. The highest BCUT2D eigenvalue weighted by molar-refractivity contribution is 5.93. The van der Waals surface area contributed by atoms with Crippen molar-refractivity contribution >= 4 is 29.0 Å². The summed E-state index contributed by atoms with van der Waals surface area (Å²) in [6.45, 7) is 7.26. The molecule has 3 heterocycles. The van der Waals surface area contributed by atoms with Crippen molar-refractivity contribution in [2.45, 2.75) is 33.2 Å². The van der Waals surface area contributed by atoms with Crippen LogP contribution >= 0.6 is 12.4 Å². The van der Waals surface area contributed by atoms with Gasteiger partial charge in [0.15, 0.2) is 0 Å². The smallest absolute Gasteiger partial charge is 0.123 e. The predicted molar refractivity (Wildman–Crippen MR) is 98.7 cm³/mol. The average Bonchev–Trinajstić information content (AvgIpc) is 2.83. The molecular weight excluding hydrogens is 325 g/mol. The fourth-order valence-corrected chi connectivity index (χ4v) is 3.70. The zero-order valence-electron chi connectivity index (χ0n) is 14.1. The molecule has 3 nitrogen and oxygen atoms in total. The van der Waals surface area contributed by atoms with E-state index in [2.05, 4.69) is 35.6 Å². The summed E-state index contributed by atoms with van der Waals surface area (Å²) in [5.41, 5.74) is 7.03. The lowest BCUT2D eigenvalue weighted by atomic mass is 9.93. The van der Waals surface area contributed by atoms with Gasteiger partial charge in [-0.25, -0.2) is 4.39 Å². The molecule has 0 radical (unpaired) electrons. The van der Waals surface area contributed by atoms with E-state index in [0.29, 0.717) is 0 Å². The number of hydrogen-bond donors (Lipinski definition) is 1. The summed E-state index contributed by atoms with van der Waals surface area (Å²) in [5, 5.41) is 1.18. The number of fused-ring (bicyclic) bond motifs is 2. The summed E-state index contributed by atoms with van der Waals surface area (Å²) in [6.07, 6.45) is 4.71. The van der Waals surface area contributed by atoms with Crippen LogP contribution in [0.5, 0.6) is 0 Å². The Hall–Kier alpha value is -2.07. The molecule has 0 saturated heterocycles. The van der Waals surface area contributed by atoms with Crippen LogP contribution in [0.15, 0.2) is 30.6 Å². The van der Waals surface area contributed by atoms with Gasteiger partial charge in [-0.15, -0.1) is 12.4 Å². The first-order valence-corrected chi connectivity index (χ1v) is 8.04. The molecule has 0 spiro atoms. The van der Waals surface area contributed by atoms with Crippen molar-refractivity contribution in [3.05, 3.63) is 58.8 Å². The van der Waals surface area contributed by atoms with Crippen LogP contribution in [0.4, 0.5) is 10.1 Å². The highest BCUT2D eigenvalue weighted by Crippen LogP contribution is 2.37. The Morgan fingerprint density at radius 1 is 1.25 bits per heavy atom. The second-order valence-electron chi connectivity index (χ2n) is 6.42. The van der Waals surface area contributed by atoms with Crippen LogP contribution in [0.3, 0.4) is 0 Å². The van der Waals surface area contributed by atoms with Gasteiger partial charge in [-0.3, -0.25) is 4.98 Å². The maximum absolute atomic E-state index is 13.5. The third kappa shape index (κ3) is 2.46. The average molecular weight is 346 g/mol. The minimum atomic E-state index is -0.149. The molecule has 5 heteroatoms. The Bertz CT molecular complexity index is 903. The minimum Gasteiger partial charge on any atom is -0.361 e. The zero-order valence-corrected chi connectivity index (χ0v) is 14.9. The predicted octanol–water partition coefficient (Wildman–Crippen LogP) is 4.86. The number of nitrogens with one attached hydrogen (secondary N) is 1. The molecule has 1 aliphatic heterocycles. The van der Waals surface area contributed by atoms with Crippen molar-refractivity contribution in [1.82, 2.24) is 9.97 Å². The standard InChI is InChI=1S/C19H20FN3.ClH/c1-11-12(2)22-19-17(11)9-21-10-18(19)23-7-6-14-8-15(20)4-5-16(14)13(23)3;/h4-5,8-10,13,22H,6-7H2,1-3H3;1H. The Morgan fingerprint density at radius 3 is 2.83 bits per heavy atom. The number of rotatable bonds is 1. The van der Waals surface area contributed by atoms with Gasteiger partial charge in [0.1, 0.15) is 5.82 Å². The van der Waals surface area contributed by atoms with Gasteiger partial charge >= 0.3 is 0 Å². The summed E-state index contributed by atoms with van der Waals surface area (Å²) < 4.78 is 13.5. The maximum Gasteiger partial charge on any atom is 0.123 e. The van der Waals surface area contributed by atoms with E-state index in [1.54, 1.807) is 12.1 Å². The SMILES string of the molecule is Cc1[nH]c2c(N3CCc4cc(F)ccc4C3C)cncc2c1C.Cl. The van der Waals surface area contributed by atoms with Crippen LogP contribution in [0, 0.1) is 19.7 Å². The maximum atomic E-state index is 13.5. The molecule has 1 unspecified atom stereocenters. The summed E-state index contributed by atoms with van der Waals surface area (Å²) >= 11 is 0. The summed E-state index contributed by atoms with van der Waals surface area (Å²) in [5.74, 6) is -0.149. The number of aromatic nitrogens is 2. The van der Waals surface area contributed by atoms with Gasteiger partial charge in [0.25, 0.3) is 0 Å². The van der Waals surface area contributed by atoms with Crippen molar-refractivity contribution in [3.8, 4) is 0 Å². The van der Waals surface area contributed by atoms with Crippen LogP contribution in [-0.2, 0) is 6.42 Å². The van der Waals surface area contributed by atoms with E-state index in [1.165, 1.54) is 22.2 Å². The van der Waals surface area contributed by atoms with E-state index in [0.717, 1.165) is 29.7 Å². The number of aromatic amines is 1. The first kappa shape index (κ1) is 16.8.